The largest absolute Gasteiger partial charge is 0.487 e. The summed E-state index contributed by atoms with van der Waals surface area (Å²) in [5.41, 5.74) is 6.89. The Morgan fingerprint density at radius 2 is 1.88 bits per heavy atom. The highest BCUT2D eigenvalue weighted by Crippen LogP contribution is 2.28. The minimum Gasteiger partial charge on any atom is -0.487 e. The molecule has 1 atom stereocenters. The zero-order valence-electron chi connectivity index (χ0n) is 18.1. The van der Waals surface area contributed by atoms with Gasteiger partial charge in [0.05, 0.1) is 12.6 Å². The van der Waals surface area contributed by atoms with Crippen molar-refractivity contribution in [2.24, 2.45) is 5.73 Å². The quantitative estimate of drug-likeness (QED) is 0.307. The SMILES string of the molecule is NC(=O)C1=CC(I)(CC(=O)N2CCN(c3ccc(OCc4ccccc4)cn3)CC2)NC=C1. The molecule has 3 heterocycles. The molecule has 4 rings (SSSR count). The lowest BCUT2D eigenvalue weighted by molar-refractivity contribution is -0.131. The van der Waals surface area contributed by atoms with Crippen LogP contribution in [0.25, 0.3) is 0 Å². The summed E-state index contributed by atoms with van der Waals surface area (Å²) in [7, 11) is 0. The number of primary amides is 1. The number of nitrogens with two attached hydrogens (primary N) is 1. The number of aromatic nitrogens is 1. The third-order valence-electron chi connectivity index (χ3n) is 5.59. The van der Waals surface area contributed by atoms with Crippen LogP contribution in [0.3, 0.4) is 0 Å². The van der Waals surface area contributed by atoms with Crippen LogP contribution >= 0.6 is 22.6 Å². The lowest BCUT2D eigenvalue weighted by Gasteiger charge is -2.37. The highest BCUT2D eigenvalue weighted by atomic mass is 127. The second kappa shape index (κ2) is 10.2. The molecule has 172 valence electrons. The van der Waals surface area contributed by atoms with E-state index in [2.05, 4.69) is 37.8 Å². The number of pyridine rings is 1. The van der Waals surface area contributed by atoms with Gasteiger partial charge >= 0.3 is 0 Å². The molecule has 3 N–H and O–H groups in total. The summed E-state index contributed by atoms with van der Waals surface area (Å²) in [6, 6.07) is 13.9. The molecule has 0 bridgehead atoms. The number of amides is 2. The fraction of sp³-hybridized carbons (Fsp3) is 0.292. The van der Waals surface area contributed by atoms with Gasteiger partial charge in [0.1, 0.15) is 21.7 Å². The predicted molar refractivity (Wildman–Crippen MR) is 135 cm³/mol. The van der Waals surface area contributed by atoms with Gasteiger partial charge in [-0.25, -0.2) is 4.98 Å². The molecule has 33 heavy (non-hydrogen) atoms. The number of anilines is 1. The molecule has 0 aliphatic carbocycles. The van der Waals surface area contributed by atoms with Gasteiger partial charge in [-0.3, -0.25) is 9.59 Å². The minimum atomic E-state index is -0.664. The van der Waals surface area contributed by atoms with E-state index >= 15 is 0 Å². The fourth-order valence-corrected chi connectivity index (χ4v) is 4.61. The van der Waals surface area contributed by atoms with Crippen LogP contribution in [0.4, 0.5) is 5.82 Å². The number of hydrogen-bond acceptors (Lipinski definition) is 6. The van der Waals surface area contributed by atoms with Gasteiger partial charge in [0.25, 0.3) is 0 Å². The third kappa shape index (κ3) is 6.04. The molecule has 1 aromatic carbocycles. The molecule has 2 aliphatic rings. The molecular weight excluding hydrogens is 533 g/mol. The third-order valence-corrected chi connectivity index (χ3v) is 6.59. The van der Waals surface area contributed by atoms with Crippen molar-refractivity contribution in [3.05, 3.63) is 78.1 Å². The maximum atomic E-state index is 12.9. The molecule has 1 saturated heterocycles. The molecule has 0 spiro atoms. The lowest BCUT2D eigenvalue weighted by Crippen LogP contribution is -2.51. The average Bonchev–Trinajstić information content (AvgIpc) is 2.83. The Hall–Kier alpha value is -3.08. The summed E-state index contributed by atoms with van der Waals surface area (Å²) >= 11 is 2.15. The maximum absolute atomic E-state index is 12.9. The van der Waals surface area contributed by atoms with Crippen molar-refractivity contribution in [3.63, 3.8) is 0 Å². The summed E-state index contributed by atoms with van der Waals surface area (Å²) in [6.45, 7) is 3.13. The van der Waals surface area contributed by atoms with Gasteiger partial charge in [-0.15, -0.1) is 0 Å². The van der Waals surface area contributed by atoms with Crippen molar-refractivity contribution < 1.29 is 14.3 Å². The van der Waals surface area contributed by atoms with E-state index in [9.17, 15) is 9.59 Å². The highest BCUT2D eigenvalue weighted by Gasteiger charge is 2.32. The van der Waals surface area contributed by atoms with E-state index in [0.717, 1.165) is 17.1 Å². The summed E-state index contributed by atoms with van der Waals surface area (Å²) in [6.07, 6.45) is 6.97. The van der Waals surface area contributed by atoms with Gasteiger partial charge in [-0.05, 0) is 58.6 Å². The number of piperazine rings is 1. The first kappa shape index (κ1) is 23.1. The van der Waals surface area contributed by atoms with Crippen LogP contribution in [0.15, 0.2) is 72.6 Å². The standard InChI is InChI=1S/C24H26IN5O3/c25-24(14-19(23(26)32)8-9-28-24)15-22(31)30-12-10-29(11-13-30)21-7-6-20(16-27-21)33-17-18-4-2-1-3-5-18/h1-9,14,16,28H,10-13,15,17H2,(H2,26,32). The molecule has 1 aromatic heterocycles. The van der Waals surface area contributed by atoms with Crippen LogP contribution < -0.4 is 20.7 Å². The number of alkyl halides is 1. The molecular formula is C24H26IN5O3. The minimum absolute atomic E-state index is 0.0320. The number of nitrogens with zero attached hydrogens (tertiary/aromatic N) is 3. The van der Waals surface area contributed by atoms with Crippen molar-refractivity contribution in [1.29, 1.82) is 0 Å². The summed E-state index contributed by atoms with van der Waals surface area (Å²) in [5, 5.41) is 3.15. The molecule has 2 aliphatic heterocycles. The number of benzene rings is 1. The van der Waals surface area contributed by atoms with E-state index in [1.54, 1.807) is 24.5 Å². The Morgan fingerprint density at radius 1 is 1.12 bits per heavy atom. The fourth-order valence-electron chi connectivity index (χ4n) is 3.76. The topological polar surface area (TPSA) is 101 Å². The van der Waals surface area contributed by atoms with Gasteiger partial charge in [0, 0.05) is 31.8 Å². The summed E-state index contributed by atoms with van der Waals surface area (Å²) < 4.78 is 5.14. The number of nitrogens with one attached hydrogen (secondary N) is 1. The molecule has 1 unspecified atom stereocenters. The number of hydrogen-bond donors (Lipinski definition) is 2. The van der Waals surface area contributed by atoms with Crippen LogP contribution in [-0.4, -0.2) is 51.4 Å². The van der Waals surface area contributed by atoms with Crippen molar-refractivity contribution >= 4 is 40.2 Å². The van der Waals surface area contributed by atoms with E-state index in [4.69, 9.17) is 10.5 Å². The Bertz CT molecular complexity index is 1050. The molecule has 0 saturated carbocycles. The first-order valence-electron chi connectivity index (χ1n) is 10.7. The van der Waals surface area contributed by atoms with E-state index in [-0.39, 0.29) is 12.3 Å². The number of carbonyl (C=O) groups is 2. The highest BCUT2D eigenvalue weighted by molar-refractivity contribution is 14.1. The predicted octanol–water partition coefficient (Wildman–Crippen LogP) is 2.36. The normalized spacial score (nSPS) is 20.1. The second-order valence-electron chi connectivity index (χ2n) is 7.98. The van der Waals surface area contributed by atoms with Crippen molar-refractivity contribution in [3.8, 4) is 5.75 Å². The van der Waals surface area contributed by atoms with Crippen molar-refractivity contribution in [1.82, 2.24) is 15.2 Å². The number of carbonyl (C=O) groups excluding carboxylic acids is 2. The van der Waals surface area contributed by atoms with Crippen LogP contribution in [0.5, 0.6) is 5.75 Å². The van der Waals surface area contributed by atoms with E-state index in [0.29, 0.717) is 38.4 Å². The second-order valence-corrected chi connectivity index (χ2v) is 9.90. The van der Waals surface area contributed by atoms with Gasteiger partial charge < -0.3 is 25.6 Å². The first-order valence-corrected chi connectivity index (χ1v) is 11.8. The van der Waals surface area contributed by atoms with Crippen LogP contribution in [0.2, 0.25) is 0 Å². The van der Waals surface area contributed by atoms with E-state index < -0.39 is 9.45 Å². The first-order chi connectivity index (χ1) is 15.9. The van der Waals surface area contributed by atoms with Gasteiger partial charge in [-0.1, -0.05) is 30.3 Å². The zero-order valence-corrected chi connectivity index (χ0v) is 20.3. The Kier molecular flexibility index (Phi) is 7.17. The summed E-state index contributed by atoms with van der Waals surface area (Å²) in [5.74, 6) is 1.12. The van der Waals surface area contributed by atoms with Crippen LogP contribution in [0.1, 0.15) is 12.0 Å². The van der Waals surface area contributed by atoms with Crippen LogP contribution in [0, 0.1) is 0 Å². The number of ether oxygens (including phenoxy) is 1. The van der Waals surface area contributed by atoms with Gasteiger partial charge in [0.2, 0.25) is 11.8 Å². The molecule has 2 aromatic rings. The molecule has 2 amide bonds. The average molecular weight is 559 g/mol. The molecule has 9 heteroatoms. The number of halogens is 1. The maximum Gasteiger partial charge on any atom is 0.248 e. The smallest absolute Gasteiger partial charge is 0.248 e. The van der Waals surface area contributed by atoms with E-state index in [1.807, 2.05) is 47.4 Å². The summed E-state index contributed by atoms with van der Waals surface area (Å²) in [4.78, 5) is 32.9. The van der Waals surface area contributed by atoms with Gasteiger partial charge in [-0.2, -0.15) is 0 Å². The Labute approximate surface area is 206 Å². The van der Waals surface area contributed by atoms with Crippen molar-refractivity contribution in [2.75, 3.05) is 31.1 Å². The lowest BCUT2D eigenvalue weighted by atomic mass is 10.0. The number of rotatable bonds is 7. The van der Waals surface area contributed by atoms with Gasteiger partial charge in [0.15, 0.2) is 0 Å². The van der Waals surface area contributed by atoms with Crippen LogP contribution in [-0.2, 0) is 16.2 Å². The zero-order chi connectivity index (χ0) is 23.3. The number of dihydropyridines is 1. The van der Waals surface area contributed by atoms with Crippen molar-refractivity contribution in [2.45, 2.75) is 16.6 Å². The Balaban J connectivity index is 1.27. The molecule has 8 nitrogen and oxygen atoms in total. The monoisotopic (exact) mass is 559 g/mol. The molecule has 0 radical (unpaired) electrons. The molecule has 1 fully saturated rings. The van der Waals surface area contributed by atoms with E-state index in [1.165, 1.54) is 0 Å². The Morgan fingerprint density at radius 3 is 2.55 bits per heavy atom.